The van der Waals surface area contributed by atoms with Crippen molar-refractivity contribution in [2.75, 3.05) is 0 Å². The van der Waals surface area contributed by atoms with Crippen LogP contribution < -0.4 is 0 Å². The van der Waals surface area contributed by atoms with Gasteiger partial charge in [-0.05, 0) is 25.0 Å². The van der Waals surface area contributed by atoms with Crippen molar-refractivity contribution >= 4 is 0 Å². The van der Waals surface area contributed by atoms with Gasteiger partial charge in [0.05, 0.1) is 5.69 Å². The summed E-state index contributed by atoms with van der Waals surface area (Å²) in [5.41, 5.74) is 4.70. The average molecular weight is 308 g/mol. The minimum Gasteiger partial charge on any atom is -0.282 e. The van der Waals surface area contributed by atoms with Gasteiger partial charge in [0.2, 0.25) is 0 Å². The van der Waals surface area contributed by atoms with Gasteiger partial charge in [-0.3, -0.25) is 5.10 Å². The molecule has 2 heteroatoms. The molecule has 0 atom stereocenters. The van der Waals surface area contributed by atoms with Gasteiger partial charge >= 0.3 is 0 Å². The molecule has 0 aliphatic carbocycles. The minimum absolute atomic E-state index is 1.01. The third kappa shape index (κ3) is 6.96. The van der Waals surface area contributed by atoms with Crippen LogP contribution in [-0.2, 0) is 6.42 Å². The van der Waals surface area contributed by atoms with Crippen LogP contribution in [0.2, 0.25) is 0 Å². The predicted octanol–water partition coefficient (Wildman–Crippen LogP) is 6.05. The van der Waals surface area contributed by atoms with Gasteiger partial charge < -0.3 is 0 Å². The lowest BCUT2D eigenvalue weighted by Crippen LogP contribution is -1.78. The molecule has 122 valence electrons. The van der Waals surface area contributed by atoms with Crippen molar-refractivity contribution in [3.05, 3.63) is 78.0 Å². The first-order chi connectivity index (χ1) is 11.3. The van der Waals surface area contributed by atoms with Crippen molar-refractivity contribution < 1.29 is 0 Å². The number of aromatic nitrogens is 2. The molecule has 0 fully saturated rings. The van der Waals surface area contributed by atoms with Crippen molar-refractivity contribution in [1.29, 1.82) is 0 Å². The Labute approximate surface area is 140 Å². The highest BCUT2D eigenvalue weighted by atomic mass is 15.1. The predicted molar refractivity (Wildman–Crippen MR) is 101 cm³/mol. The lowest BCUT2D eigenvalue weighted by atomic mass is 10.1. The Kier molecular flexibility index (Phi) is 9.14. The van der Waals surface area contributed by atoms with E-state index in [1.807, 2.05) is 45.0 Å². The lowest BCUT2D eigenvalue weighted by Gasteiger charge is -1.93. The molecule has 0 bridgehead atoms. The van der Waals surface area contributed by atoms with E-state index in [9.17, 15) is 0 Å². The molecule has 1 N–H and O–H groups in total. The smallest absolute Gasteiger partial charge is 0.0923 e. The van der Waals surface area contributed by atoms with Gasteiger partial charge in [-0.1, -0.05) is 87.9 Å². The molecule has 0 saturated carbocycles. The van der Waals surface area contributed by atoms with E-state index in [2.05, 4.69) is 59.6 Å². The van der Waals surface area contributed by atoms with Crippen LogP contribution in [0.4, 0.5) is 0 Å². The Morgan fingerprint density at radius 1 is 0.870 bits per heavy atom. The van der Waals surface area contributed by atoms with E-state index in [0.29, 0.717) is 0 Å². The number of hydrogen-bond acceptors (Lipinski definition) is 1. The first-order valence-electron chi connectivity index (χ1n) is 8.41. The molecule has 3 aromatic rings. The van der Waals surface area contributed by atoms with Crippen molar-refractivity contribution in [1.82, 2.24) is 10.2 Å². The highest BCUT2D eigenvalue weighted by Crippen LogP contribution is 2.15. The second-order valence-corrected chi connectivity index (χ2v) is 5.04. The van der Waals surface area contributed by atoms with Crippen LogP contribution in [0.5, 0.6) is 0 Å². The molecule has 0 radical (unpaired) electrons. The Morgan fingerprint density at radius 3 is 1.91 bits per heavy atom. The first kappa shape index (κ1) is 18.7. The minimum atomic E-state index is 1.01. The summed E-state index contributed by atoms with van der Waals surface area (Å²) >= 11 is 0. The molecule has 23 heavy (non-hydrogen) atoms. The Balaban J connectivity index is 0.000000215. The summed E-state index contributed by atoms with van der Waals surface area (Å²) < 4.78 is 0. The van der Waals surface area contributed by atoms with E-state index < -0.39 is 0 Å². The number of rotatable bonds is 3. The van der Waals surface area contributed by atoms with Gasteiger partial charge in [0.1, 0.15) is 0 Å². The number of nitrogens with zero attached hydrogens (tertiary/aromatic N) is 1. The van der Waals surface area contributed by atoms with Crippen LogP contribution in [0, 0.1) is 6.92 Å². The highest BCUT2D eigenvalue weighted by molar-refractivity contribution is 5.58. The Bertz CT molecular complexity index is 627. The molecule has 1 aromatic heterocycles. The van der Waals surface area contributed by atoms with Gasteiger partial charge in [-0.2, -0.15) is 5.10 Å². The second kappa shape index (κ2) is 11.2. The van der Waals surface area contributed by atoms with E-state index >= 15 is 0 Å². The summed E-state index contributed by atoms with van der Waals surface area (Å²) in [7, 11) is 0. The van der Waals surface area contributed by atoms with Crippen LogP contribution in [-0.4, -0.2) is 10.2 Å². The molecule has 0 amide bonds. The second-order valence-electron chi connectivity index (χ2n) is 5.04. The Morgan fingerprint density at radius 2 is 1.43 bits per heavy atom. The van der Waals surface area contributed by atoms with Crippen LogP contribution >= 0.6 is 0 Å². The van der Waals surface area contributed by atoms with Crippen LogP contribution in [0.3, 0.4) is 0 Å². The molecule has 2 nitrogen and oxygen atoms in total. The number of benzene rings is 2. The number of hydrogen-bond donors (Lipinski definition) is 1. The fourth-order valence-corrected chi connectivity index (χ4v) is 2.11. The van der Waals surface area contributed by atoms with Gasteiger partial charge in [0.15, 0.2) is 0 Å². The van der Waals surface area contributed by atoms with Crippen molar-refractivity contribution in [2.45, 2.75) is 40.5 Å². The molecule has 2 aromatic carbocycles. The lowest BCUT2D eigenvalue weighted by molar-refractivity contribution is 0.922. The quantitative estimate of drug-likeness (QED) is 0.627. The number of aromatic amines is 1. The molecule has 1 heterocycles. The standard InChI is InChI=1S/C10H10N2.C9H12.C2H6/c1-8-7-10(12-11-8)9-5-3-2-4-6-9;1-2-6-9-7-4-3-5-8-9;1-2/h2-7H,1H3,(H,11,12);3-5,7-8H,2,6H2,1H3;1-2H3. The molecule has 0 unspecified atom stereocenters. The molecular formula is C21H28N2. The summed E-state index contributed by atoms with van der Waals surface area (Å²) in [5, 5.41) is 7.08. The summed E-state index contributed by atoms with van der Waals surface area (Å²) in [6.07, 6.45) is 2.45. The van der Waals surface area contributed by atoms with Gasteiger partial charge in [0, 0.05) is 11.3 Å². The summed E-state index contributed by atoms with van der Waals surface area (Å²) in [4.78, 5) is 0. The zero-order chi connectivity index (χ0) is 16.9. The third-order valence-corrected chi connectivity index (χ3v) is 3.16. The van der Waals surface area contributed by atoms with E-state index in [-0.39, 0.29) is 0 Å². The topological polar surface area (TPSA) is 28.7 Å². The maximum atomic E-state index is 4.16. The summed E-state index contributed by atoms with van der Waals surface area (Å²) in [6.45, 7) is 8.20. The van der Waals surface area contributed by atoms with Crippen LogP contribution in [0.25, 0.3) is 11.3 Å². The van der Waals surface area contributed by atoms with Crippen LogP contribution in [0.1, 0.15) is 38.4 Å². The molecule has 0 aliphatic rings. The van der Waals surface area contributed by atoms with Gasteiger partial charge in [-0.15, -0.1) is 0 Å². The van der Waals surface area contributed by atoms with Gasteiger partial charge in [0.25, 0.3) is 0 Å². The van der Waals surface area contributed by atoms with Crippen molar-refractivity contribution in [2.24, 2.45) is 0 Å². The maximum absolute atomic E-state index is 4.16. The fraction of sp³-hybridized carbons (Fsp3) is 0.286. The van der Waals surface area contributed by atoms with E-state index in [4.69, 9.17) is 0 Å². The van der Waals surface area contributed by atoms with Gasteiger partial charge in [-0.25, -0.2) is 0 Å². The molecular weight excluding hydrogens is 280 g/mol. The highest BCUT2D eigenvalue weighted by Gasteiger charge is 1.98. The zero-order valence-corrected chi connectivity index (χ0v) is 14.7. The van der Waals surface area contributed by atoms with Crippen molar-refractivity contribution in [3.8, 4) is 11.3 Å². The normalized spacial score (nSPS) is 9.22. The monoisotopic (exact) mass is 308 g/mol. The average Bonchev–Trinajstić information content (AvgIpc) is 3.06. The third-order valence-electron chi connectivity index (χ3n) is 3.16. The fourth-order valence-electron chi connectivity index (χ4n) is 2.11. The molecule has 0 spiro atoms. The first-order valence-corrected chi connectivity index (χ1v) is 8.41. The Hall–Kier alpha value is -2.35. The number of nitrogens with one attached hydrogen (secondary N) is 1. The summed E-state index contributed by atoms with van der Waals surface area (Å²) in [6, 6.07) is 22.7. The zero-order valence-electron chi connectivity index (χ0n) is 14.7. The van der Waals surface area contributed by atoms with Crippen molar-refractivity contribution in [3.63, 3.8) is 0 Å². The van der Waals surface area contributed by atoms with E-state index in [1.54, 1.807) is 0 Å². The van der Waals surface area contributed by atoms with E-state index in [0.717, 1.165) is 17.0 Å². The largest absolute Gasteiger partial charge is 0.282 e. The van der Waals surface area contributed by atoms with Crippen LogP contribution in [0.15, 0.2) is 66.7 Å². The number of H-pyrrole nitrogens is 1. The number of aryl methyl sites for hydroxylation is 2. The molecule has 0 aliphatic heterocycles. The molecule has 3 rings (SSSR count). The summed E-state index contributed by atoms with van der Waals surface area (Å²) in [5.74, 6) is 0. The molecule has 0 saturated heterocycles. The SMILES string of the molecule is CC.CCCc1ccccc1.Cc1cc(-c2ccccc2)n[nH]1. The maximum Gasteiger partial charge on any atom is 0.0923 e. The van der Waals surface area contributed by atoms with E-state index in [1.165, 1.54) is 18.4 Å².